The van der Waals surface area contributed by atoms with Crippen LogP contribution in [0.4, 0.5) is 0 Å². The van der Waals surface area contributed by atoms with Gasteiger partial charge in [0.2, 0.25) is 0 Å². The molecule has 0 unspecified atom stereocenters. The molecule has 2 N–H and O–H groups in total. The number of hydrogen-bond acceptors (Lipinski definition) is 4. The largest absolute Gasteiger partial charge is 0.388 e. The third-order valence-electron chi connectivity index (χ3n) is 5.05. The topological polar surface area (TPSA) is 62.7 Å². The number of nitrogens with one attached hydrogen (secondary N) is 2. The zero-order valence-corrected chi connectivity index (χ0v) is 12.6. The number of nitrogens with zero attached hydrogens (tertiary/aromatic N) is 1. The van der Waals surface area contributed by atoms with Gasteiger partial charge in [-0.05, 0) is 37.1 Å². The highest BCUT2D eigenvalue weighted by atomic mass is 16.7. The highest BCUT2D eigenvalue weighted by Crippen LogP contribution is 2.34. The van der Waals surface area contributed by atoms with E-state index in [2.05, 4.69) is 34.0 Å². The lowest BCUT2D eigenvalue weighted by molar-refractivity contribution is -0.115. The maximum absolute atomic E-state index is 12.5. The summed E-state index contributed by atoms with van der Waals surface area (Å²) in [6.07, 6.45) is 4.46. The number of amides is 1. The van der Waals surface area contributed by atoms with Crippen molar-refractivity contribution >= 4 is 11.6 Å². The first-order valence-corrected chi connectivity index (χ1v) is 8.10. The van der Waals surface area contributed by atoms with Gasteiger partial charge in [0.1, 0.15) is 11.3 Å². The summed E-state index contributed by atoms with van der Waals surface area (Å²) in [5, 5.41) is 10.5. The van der Waals surface area contributed by atoms with Crippen molar-refractivity contribution < 1.29 is 9.63 Å². The molecule has 1 aromatic rings. The van der Waals surface area contributed by atoms with Crippen molar-refractivity contribution in [2.45, 2.75) is 43.7 Å². The van der Waals surface area contributed by atoms with Crippen molar-refractivity contribution in [2.24, 2.45) is 5.16 Å². The van der Waals surface area contributed by atoms with Gasteiger partial charge < -0.3 is 15.5 Å². The van der Waals surface area contributed by atoms with Gasteiger partial charge in [-0.15, -0.1) is 0 Å². The number of fused-ring (bicyclic) bond motifs is 1. The van der Waals surface area contributed by atoms with Gasteiger partial charge in [0.05, 0.1) is 6.04 Å². The number of benzene rings is 1. The Balaban J connectivity index is 1.42. The third kappa shape index (κ3) is 2.39. The van der Waals surface area contributed by atoms with Crippen molar-refractivity contribution in [3.05, 3.63) is 35.4 Å². The number of rotatable bonds is 2. The number of carbonyl (C=O) groups is 1. The SMILES string of the molecule is O=C(N[C@H]1CCc2ccccc21)C1=NOC2(CCNCC2)C1. The van der Waals surface area contributed by atoms with Crippen molar-refractivity contribution in [3.63, 3.8) is 0 Å². The second kappa shape index (κ2) is 5.39. The van der Waals surface area contributed by atoms with E-state index in [0.717, 1.165) is 38.8 Å². The van der Waals surface area contributed by atoms with Crippen LogP contribution in [0.1, 0.15) is 42.9 Å². The molecule has 2 aliphatic heterocycles. The fourth-order valence-electron chi connectivity index (χ4n) is 3.74. The lowest BCUT2D eigenvalue weighted by Crippen LogP contribution is -2.43. The van der Waals surface area contributed by atoms with Gasteiger partial charge in [0.25, 0.3) is 5.91 Å². The first kappa shape index (κ1) is 13.8. The highest BCUT2D eigenvalue weighted by molar-refractivity contribution is 6.39. The van der Waals surface area contributed by atoms with Crippen molar-refractivity contribution in [1.29, 1.82) is 0 Å². The van der Waals surface area contributed by atoms with Crippen LogP contribution >= 0.6 is 0 Å². The Bertz CT molecular complexity index is 620. The highest BCUT2D eigenvalue weighted by Gasteiger charge is 2.42. The molecule has 2 heterocycles. The van der Waals surface area contributed by atoms with E-state index >= 15 is 0 Å². The molecule has 0 saturated carbocycles. The molecule has 0 bridgehead atoms. The molecular formula is C17H21N3O2. The molecule has 5 nitrogen and oxygen atoms in total. The lowest BCUT2D eigenvalue weighted by atomic mass is 9.87. The standard InChI is InChI=1S/C17H21N3O2/c21-16(15-11-17(22-20-15)7-9-18-10-8-17)19-14-6-5-12-3-1-2-4-13(12)14/h1-4,14,18H,5-11H2,(H,19,21)/t14-/m0/s1. The molecule has 1 atom stereocenters. The molecule has 116 valence electrons. The van der Waals surface area contributed by atoms with Gasteiger partial charge in [-0.1, -0.05) is 29.4 Å². The van der Waals surface area contributed by atoms with Crippen LogP contribution in [-0.4, -0.2) is 30.3 Å². The zero-order valence-electron chi connectivity index (χ0n) is 12.6. The Hall–Kier alpha value is -1.88. The first-order valence-electron chi connectivity index (χ1n) is 8.10. The normalized spacial score (nSPS) is 25.5. The van der Waals surface area contributed by atoms with E-state index in [1.807, 2.05) is 6.07 Å². The molecule has 1 aliphatic carbocycles. The third-order valence-corrected chi connectivity index (χ3v) is 5.05. The van der Waals surface area contributed by atoms with Gasteiger partial charge in [0, 0.05) is 19.3 Å². The van der Waals surface area contributed by atoms with E-state index in [-0.39, 0.29) is 17.6 Å². The van der Waals surface area contributed by atoms with Crippen molar-refractivity contribution in [1.82, 2.24) is 10.6 Å². The number of oxime groups is 1. The van der Waals surface area contributed by atoms with Crippen LogP contribution in [0.2, 0.25) is 0 Å². The molecule has 4 rings (SSSR count). The summed E-state index contributed by atoms with van der Waals surface area (Å²) >= 11 is 0. The molecule has 5 heteroatoms. The van der Waals surface area contributed by atoms with Crippen molar-refractivity contribution in [3.8, 4) is 0 Å². The van der Waals surface area contributed by atoms with Crippen LogP contribution in [-0.2, 0) is 16.1 Å². The van der Waals surface area contributed by atoms with Gasteiger partial charge in [-0.25, -0.2) is 0 Å². The Morgan fingerprint density at radius 1 is 1.32 bits per heavy atom. The molecule has 3 aliphatic rings. The van der Waals surface area contributed by atoms with Crippen LogP contribution in [0.15, 0.2) is 29.4 Å². The average molecular weight is 299 g/mol. The maximum atomic E-state index is 12.5. The molecule has 1 fully saturated rings. The van der Waals surface area contributed by atoms with Crippen LogP contribution in [0.25, 0.3) is 0 Å². The van der Waals surface area contributed by atoms with E-state index in [9.17, 15) is 4.79 Å². The minimum Gasteiger partial charge on any atom is -0.388 e. The van der Waals surface area contributed by atoms with E-state index in [1.165, 1.54) is 11.1 Å². The first-order chi connectivity index (χ1) is 10.8. The summed E-state index contributed by atoms with van der Waals surface area (Å²) in [6.45, 7) is 1.86. The van der Waals surface area contributed by atoms with E-state index in [0.29, 0.717) is 12.1 Å². The summed E-state index contributed by atoms with van der Waals surface area (Å²) in [4.78, 5) is 18.1. The molecule has 1 saturated heterocycles. The van der Waals surface area contributed by atoms with Crippen molar-refractivity contribution in [2.75, 3.05) is 13.1 Å². The zero-order chi connectivity index (χ0) is 15.0. The minimum absolute atomic E-state index is 0.0721. The van der Waals surface area contributed by atoms with E-state index in [4.69, 9.17) is 4.84 Å². The molecule has 1 amide bonds. The summed E-state index contributed by atoms with van der Waals surface area (Å²) in [5.74, 6) is -0.0721. The number of hydrogen-bond donors (Lipinski definition) is 2. The second-order valence-electron chi connectivity index (χ2n) is 6.50. The lowest BCUT2D eigenvalue weighted by Gasteiger charge is -2.30. The van der Waals surface area contributed by atoms with Crippen LogP contribution < -0.4 is 10.6 Å². The van der Waals surface area contributed by atoms with Gasteiger partial charge in [0.15, 0.2) is 0 Å². The smallest absolute Gasteiger partial charge is 0.269 e. The second-order valence-corrected chi connectivity index (χ2v) is 6.50. The van der Waals surface area contributed by atoms with Gasteiger partial charge in [-0.3, -0.25) is 4.79 Å². The molecule has 0 radical (unpaired) electrons. The predicted molar refractivity (Wildman–Crippen MR) is 83.6 cm³/mol. The van der Waals surface area contributed by atoms with Crippen LogP contribution in [0.3, 0.4) is 0 Å². The Morgan fingerprint density at radius 3 is 3.00 bits per heavy atom. The summed E-state index contributed by atoms with van der Waals surface area (Å²) in [6, 6.07) is 8.44. The minimum atomic E-state index is -0.245. The molecular weight excluding hydrogens is 278 g/mol. The Kier molecular flexibility index (Phi) is 3.37. The van der Waals surface area contributed by atoms with E-state index in [1.54, 1.807) is 0 Å². The molecule has 1 aromatic carbocycles. The number of aryl methyl sites for hydroxylation is 1. The fourth-order valence-corrected chi connectivity index (χ4v) is 3.74. The summed E-state index contributed by atoms with van der Waals surface area (Å²) in [7, 11) is 0. The monoisotopic (exact) mass is 299 g/mol. The van der Waals surface area contributed by atoms with Gasteiger partial charge in [-0.2, -0.15) is 0 Å². The van der Waals surface area contributed by atoms with Crippen LogP contribution in [0.5, 0.6) is 0 Å². The molecule has 22 heavy (non-hydrogen) atoms. The number of carbonyl (C=O) groups excluding carboxylic acids is 1. The molecule has 1 spiro atoms. The fraction of sp³-hybridized carbons (Fsp3) is 0.529. The average Bonchev–Trinajstić information content (AvgIpc) is 3.14. The Morgan fingerprint density at radius 2 is 2.14 bits per heavy atom. The van der Waals surface area contributed by atoms with Gasteiger partial charge >= 0.3 is 0 Å². The van der Waals surface area contributed by atoms with Crippen LogP contribution in [0, 0.1) is 0 Å². The summed E-state index contributed by atoms with van der Waals surface area (Å²) in [5.41, 5.74) is 2.89. The Labute approximate surface area is 130 Å². The number of piperidine rings is 1. The summed E-state index contributed by atoms with van der Waals surface area (Å²) < 4.78 is 0. The maximum Gasteiger partial charge on any atom is 0.269 e. The quantitative estimate of drug-likeness (QED) is 0.873. The molecule has 0 aromatic heterocycles. The predicted octanol–water partition coefficient (Wildman–Crippen LogP) is 1.69. The van der Waals surface area contributed by atoms with E-state index < -0.39 is 0 Å².